The summed E-state index contributed by atoms with van der Waals surface area (Å²) in [6, 6.07) is 1.72. The zero-order chi connectivity index (χ0) is 18.7. The smallest absolute Gasteiger partial charge is 0.255 e. The number of hydrogen-bond donors (Lipinski definition) is 2. The van der Waals surface area contributed by atoms with E-state index < -0.39 is 0 Å². The molecule has 1 aliphatic rings. The third-order valence-electron chi connectivity index (χ3n) is 5.01. The van der Waals surface area contributed by atoms with Crippen molar-refractivity contribution in [3.05, 3.63) is 40.1 Å². The second-order valence-corrected chi connectivity index (χ2v) is 6.74. The second-order valence-electron chi connectivity index (χ2n) is 6.74. The minimum Gasteiger partial charge on any atom is -0.338 e. The molecule has 138 valence electrons. The molecule has 3 rings (SSSR count). The fourth-order valence-electron chi connectivity index (χ4n) is 3.52. The van der Waals surface area contributed by atoms with Crippen molar-refractivity contribution in [2.24, 2.45) is 11.7 Å². The molecule has 0 aliphatic carbocycles. The van der Waals surface area contributed by atoms with E-state index in [-0.39, 0.29) is 23.9 Å². The fourth-order valence-corrected chi connectivity index (χ4v) is 3.52. The molecule has 1 amide bonds. The van der Waals surface area contributed by atoms with Gasteiger partial charge in [0.2, 0.25) is 5.91 Å². The number of nitrogens with one attached hydrogen (secondary N) is 1. The van der Waals surface area contributed by atoms with Gasteiger partial charge in [-0.15, -0.1) is 0 Å². The van der Waals surface area contributed by atoms with Crippen molar-refractivity contribution < 1.29 is 4.79 Å². The minimum absolute atomic E-state index is 0.0211. The molecule has 0 saturated carbocycles. The van der Waals surface area contributed by atoms with E-state index in [0.717, 1.165) is 12.8 Å². The Bertz CT molecular complexity index is 835. The lowest BCUT2D eigenvalue weighted by Crippen LogP contribution is -2.52. The highest BCUT2D eigenvalue weighted by molar-refractivity contribution is 5.79. The van der Waals surface area contributed by atoms with Crippen LogP contribution in [0.25, 0.3) is 11.6 Å². The van der Waals surface area contributed by atoms with Gasteiger partial charge >= 0.3 is 0 Å². The van der Waals surface area contributed by atoms with Crippen LogP contribution in [0.1, 0.15) is 31.0 Å². The van der Waals surface area contributed by atoms with E-state index in [0.29, 0.717) is 41.9 Å². The van der Waals surface area contributed by atoms with E-state index >= 15 is 0 Å². The summed E-state index contributed by atoms with van der Waals surface area (Å²) in [6.07, 6.45) is 5.21. The number of rotatable bonds is 4. The first kappa shape index (κ1) is 18.2. The summed E-state index contributed by atoms with van der Waals surface area (Å²) < 4.78 is 0. The molecular formula is C18H24N6O2. The van der Waals surface area contributed by atoms with E-state index in [4.69, 9.17) is 5.73 Å². The Balaban J connectivity index is 1.84. The minimum atomic E-state index is -0.331. The average Bonchev–Trinajstić information content (AvgIpc) is 2.64. The maximum absolute atomic E-state index is 12.8. The van der Waals surface area contributed by atoms with Crippen LogP contribution in [0.2, 0.25) is 0 Å². The molecular weight excluding hydrogens is 332 g/mol. The summed E-state index contributed by atoms with van der Waals surface area (Å²) in [7, 11) is 0. The van der Waals surface area contributed by atoms with Crippen molar-refractivity contribution >= 4 is 5.91 Å². The number of aromatic amines is 1. The normalized spacial score (nSPS) is 20.2. The predicted octanol–water partition coefficient (Wildman–Crippen LogP) is 0.664. The Labute approximate surface area is 151 Å². The number of hydrogen-bond acceptors (Lipinski definition) is 6. The number of piperidine rings is 1. The Morgan fingerprint density at radius 1 is 1.38 bits per heavy atom. The molecule has 0 bridgehead atoms. The zero-order valence-corrected chi connectivity index (χ0v) is 15.1. The van der Waals surface area contributed by atoms with Gasteiger partial charge < -0.3 is 15.6 Å². The van der Waals surface area contributed by atoms with Gasteiger partial charge in [-0.05, 0) is 31.7 Å². The van der Waals surface area contributed by atoms with Gasteiger partial charge in [0, 0.05) is 42.8 Å². The number of carbonyl (C=O) groups excluding carboxylic acids is 1. The summed E-state index contributed by atoms with van der Waals surface area (Å²) in [5.74, 6) is 0.938. The van der Waals surface area contributed by atoms with Crippen LogP contribution in [-0.2, 0) is 11.2 Å². The number of aromatic nitrogens is 4. The predicted molar refractivity (Wildman–Crippen MR) is 97.3 cm³/mol. The van der Waals surface area contributed by atoms with Crippen LogP contribution in [0.15, 0.2) is 23.3 Å². The molecule has 2 atom stereocenters. The first-order valence-corrected chi connectivity index (χ1v) is 8.88. The van der Waals surface area contributed by atoms with Crippen LogP contribution in [0.3, 0.4) is 0 Å². The van der Waals surface area contributed by atoms with Crippen LogP contribution >= 0.6 is 0 Å². The first-order chi connectivity index (χ1) is 12.5. The summed E-state index contributed by atoms with van der Waals surface area (Å²) >= 11 is 0. The molecule has 3 N–H and O–H groups in total. The second kappa shape index (κ2) is 7.74. The van der Waals surface area contributed by atoms with Crippen molar-refractivity contribution in [3.63, 3.8) is 0 Å². The van der Waals surface area contributed by atoms with Crippen molar-refractivity contribution in [2.45, 2.75) is 39.2 Å². The molecule has 1 saturated heterocycles. The van der Waals surface area contributed by atoms with Gasteiger partial charge in [-0.1, -0.05) is 6.92 Å². The summed E-state index contributed by atoms with van der Waals surface area (Å²) in [5, 5.41) is 0. The summed E-state index contributed by atoms with van der Waals surface area (Å²) in [4.78, 5) is 42.4. The molecule has 26 heavy (non-hydrogen) atoms. The zero-order valence-electron chi connectivity index (χ0n) is 15.1. The number of carbonyl (C=O) groups is 1. The lowest BCUT2D eigenvalue weighted by atomic mass is 9.90. The number of amides is 1. The number of nitrogens with two attached hydrogens (primary N) is 1. The van der Waals surface area contributed by atoms with E-state index in [9.17, 15) is 9.59 Å². The summed E-state index contributed by atoms with van der Waals surface area (Å²) in [6.45, 7) is 4.96. The van der Waals surface area contributed by atoms with Gasteiger partial charge in [0.05, 0.1) is 6.42 Å². The van der Waals surface area contributed by atoms with Crippen LogP contribution in [0.4, 0.5) is 0 Å². The largest absolute Gasteiger partial charge is 0.338 e. The van der Waals surface area contributed by atoms with E-state index in [1.807, 2.05) is 4.90 Å². The number of nitrogens with zero attached hydrogens (tertiary/aromatic N) is 4. The topological polar surface area (TPSA) is 118 Å². The molecule has 2 aromatic heterocycles. The van der Waals surface area contributed by atoms with Crippen LogP contribution in [0, 0.1) is 12.8 Å². The van der Waals surface area contributed by atoms with Crippen molar-refractivity contribution in [2.75, 3.05) is 13.1 Å². The van der Waals surface area contributed by atoms with Gasteiger partial charge in [-0.3, -0.25) is 9.59 Å². The summed E-state index contributed by atoms with van der Waals surface area (Å²) in [5.41, 5.74) is 6.43. The molecule has 1 aliphatic heterocycles. The number of likely N-dealkylation sites (tertiary alicyclic amines) is 1. The van der Waals surface area contributed by atoms with Crippen LogP contribution in [-0.4, -0.2) is 49.9 Å². The van der Waals surface area contributed by atoms with Crippen LogP contribution in [0.5, 0.6) is 0 Å². The monoisotopic (exact) mass is 356 g/mol. The molecule has 1 fully saturated rings. The molecule has 0 aromatic carbocycles. The Hall–Kier alpha value is -2.61. The van der Waals surface area contributed by atoms with Gasteiger partial charge in [-0.2, -0.15) is 0 Å². The molecule has 0 unspecified atom stereocenters. The highest BCUT2D eigenvalue weighted by Crippen LogP contribution is 2.23. The molecule has 2 aromatic rings. The number of aryl methyl sites for hydroxylation is 1. The Kier molecular flexibility index (Phi) is 5.41. The fraction of sp³-hybridized carbons (Fsp3) is 0.500. The van der Waals surface area contributed by atoms with Crippen molar-refractivity contribution in [1.29, 1.82) is 0 Å². The van der Waals surface area contributed by atoms with E-state index in [2.05, 4.69) is 26.9 Å². The maximum Gasteiger partial charge on any atom is 0.255 e. The first-order valence-electron chi connectivity index (χ1n) is 8.88. The molecule has 0 spiro atoms. The lowest BCUT2D eigenvalue weighted by molar-refractivity contribution is -0.135. The number of H-pyrrole nitrogens is 1. The van der Waals surface area contributed by atoms with Crippen LogP contribution < -0.4 is 11.3 Å². The lowest BCUT2D eigenvalue weighted by Gasteiger charge is -2.39. The van der Waals surface area contributed by atoms with Crippen molar-refractivity contribution in [3.8, 4) is 11.6 Å². The Morgan fingerprint density at radius 2 is 2.12 bits per heavy atom. The molecule has 8 heteroatoms. The highest BCUT2D eigenvalue weighted by Gasteiger charge is 2.31. The molecule has 3 heterocycles. The maximum atomic E-state index is 12.8. The van der Waals surface area contributed by atoms with E-state index in [1.54, 1.807) is 25.4 Å². The van der Waals surface area contributed by atoms with Crippen molar-refractivity contribution in [1.82, 2.24) is 24.8 Å². The molecule has 8 nitrogen and oxygen atoms in total. The highest BCUT2D eigenvalue weighted by atomic mass is 16.2. The molecule has 0 radical (unpaired) electrons. The standard InChI is InChI=1S/C18H24N6O2/c1-11-5-3-8-24(14(11)10-19)15(25)9-13-12(2)22-17(23-18(13)26)16-20-6-4-7-21-16/h4,6-7,11,14H,3,5,8-10,19H2,1-2H3,(H,22,23,26)/t11-,14+/m0/s1. The average molecular weight is 356 g/mol. The third-order valence-corrected chi connectivity index (χ3v) is 5.01. The van der Waals surface area contributed by atoms with Gasteiger partial charge in [-0.25, -0.2) is 15.0 Å². The van der Waals surface area contributed by atoms with Gasteiger partial charge in [0.1, 0.15) is 0 Å². The Morgan fingerprint density at radius 3 is 2.77 bits per heavy atom. The third kappa shape index (κ3) is 3.65. The van der Waals surface area contributed by atoms with Gasteiger partial charge in [0.25, 0.3) is 5.56 Å². The quantitative estimate of drug-likeness (QED) is 0.831. The van der Waals surface area contributed by atoms with Gasteiger partial charge in [0.15, 0.2) is 11.6 Å². The SMILES string of the molecule is Cc1nc(-c2ncccn2)[nH]c(=O)c1CC(=O)N1CCC[C@H](C)[C@H]1CN. The van der Waals surface area contributed by atoms with E-state index in [1.165, 1.54) is 0 Å².